The lowest BCUT2D eigenvalue weighted by molar-refractivity contribution is 0.262. The molecule has 0 aliphatic carbocycles. The fourth-order valence-electron chi connectivity index (χ4n) is 2.23. The minimum absolute atomic E-state index is 0.358. The van der Waals surface area contributed by atoms with Crippen LogP contribution >= 0.6 is 0 Å². The Balaban J connectivity index is 1.78. The van der Waals surface area contributed by atoms with E-state index in [2.05, 4.69) is 10.6 Å². The number of hydrogen-bond donors (Lipinski definition) is 2. The van der Waals surface area contributed by atoms with Gasteiger partial charge in [0.2, 0.25) is 0 Å². The number of carbonyl (C=O) groups excluding carboxylic acids is 1. The monoisotopic (exact) mass is 297 g/mol. The minimum Gasteiger partial charge on any atom is -0.408 e. The Hall–Kier alpha value is -3.02. The molecule has 22 heavy (non-hydrogen) atoms. The zero-order valence-corrected chi connectivity index (χ0v) is 12.2. The van der Waals surface area contributed by atoms with Crippen molar-refractivity contribution in [2.75, 3.05) is 10.6 Å². The fraction of sp³-hybridized carbons (Fsp3) is 0.125. The van der Waals surface area contributed by atoms with E-state index in [4.69, 9.17) is 4.42 Å². The van der Waals surface area contributed by atoms with E-state index in [1.807, 2.05) is 31.2 Å². The van der Waals surface area contributed by atoms with Gasteiger partial charge in [-0.15, -0.1) is 0 Å². The van der Waals surface area contributed by atoms with Crippen molar-refractivity contribution >= 4 is 28.5 Å². The summed E-state index contributed by atoms with van der Waals surface area (Å²) >= 11 is 0. The number of nitrogens with zero attached hydrogens (tertiary/aromatic N) is 1. The summed E-state index contributed by atoms with van der Waals surface area (Å²) in [6.07, 6.45) is 0. The van der Waals surface area contributed by atoms with Crippen LogP contribution in [0.2, 0.25) is 0 Å². The van der Waals surface area contributed by atoms with Gasteiger partial charge in [-0.2, -0.15) is 0 Å². The topological polar surface area (TPSA) is 76.3 Å². The molecule has 0 unspecified atom stereocenters. The highest BCUT2D eigenvalue weighted by atomic mass is 16.4. The first-order valence-electron chi connectivity index (χ1n) is 6.77. The number of nitrogens with one attached hydrogen (secondary N) is 2. The molecule has 0 spiro atoms. The number of urea groups is 1. The van der Waals surface area contributed by atoms with Crippen molar-refractivity contribution in [2.45, 2.75) is 6.92 Å². The first-order chi connectivity index (χ1) is 10.5. The lowest BCUT2D eigenvalue weighted by Crippen LogP contribution is -2.19. The van der Waals surface area contributed by atoms with Gasteiger partial charge in [-0.1, -0.05) is 12.1 Å². The Labute approximate surface area is 126 Å². The van der Waals surface area contributed by atoms with E-state index in [0.29, 0.717) is 22.5 Å². The van der Waals surface area contributed by atoms with Crippen molar-refractivity contribution in [3.63, 3.8) is 0 Å². The maximum Gasteiger partial charge on any atom is 0.419 e. The molecule has 1 aromatic heterocycles. The summed E-state index contributed by atoms with van der Waals surface area (Å²) in [5.41, 5.74) is 3.43. The number of benzene rings is 2. The van der Waals surface area contributed by atoms with Gasteiger partial charge < -0.3 is 15.1 Å². The zero-order valence-electron chi connectivity index (χ0n) is 12.2. The van der Waals surface area contributed by atoms with Crippen LogP contribution in [-0.4, -0.2) is 10.6 Å². The van der Waals surface area contributed by atoms with Gasteiger partial charge in [0.1, 0.15) is 0 Å². The molecular formula is C16H15N3O3. The highest BCUT2D eigenvalue weighted by Crippen LogP contribution is 2.18. The molecule has 0 aliphatic rings. The standard InChI is InChI=1S/C16H15N3O3/c1-10-4-3-5-11(8-10)17-15(20)18-12-6-7-13-14(9-12)22-16(21)19(13)2/h3-9H,1-2H3,(H2,17,18,20). The zero-order chi connectivity index (χ0) is 15.7. The number of anilines is 2. The number of carbonyl (C=O) groups is 1. The summed E-state index contributed by atoms with van der Waals surface area (Å²) < 4.78 is 6.50. The summed E-state index contributed by atoms with van der Waals surface area (Å²) in [7, 11) is 1.63. The Morgan fingerprint density at radius 1 is 1.09 bits per heavy atom. The normalized spacial score (nSPS) is 10.6. The molecule has 2 N–H and O–H groups in total. The quantitative estimate of drug-likeness (QED) is 0.763. The molecule has 0 saturated heterocycles. The molecule has 1 heterocycles. The van der Waals surface area contributed by atoms with Gasteiger partial charge in [-0.3, -0.25) is 4.57 Å². The van der Waals surface area contributed by atoms with E-state index in [1.54, 1.807) is 25.2 Å². The number of aryl methyl sites for hydroxylation is 2. The van der Waals surface area contributed by atoms with Gasteiger partial charge in [0.15, 0.2) is 5.58 Å². The average molecular weight is 297 g/mol. The maximum absolute atomic E-state index is 12.0. The van der Waals surface area contributed by atoms with E-state index >= 15 is 0 Å². The van der Waals surface area contributed by atoms with Crippen LogP contribution in [0.1, 0.15) is 5.56 Å². The van der Waals surface area contributed by atoms with Crippen LogP contribution in [0.15, 0.2) is 51.7 Å². The van der Waals surface area contributed by atoms with Gasteiger partial charge in [-0.05, 0) is 36.8 Å². The van der Waals surface area contributed by atoms with Gasteiger partial charge in [0, 0.05) is 24.5 Å². The Kier molecular flexibility index (Phi) is 3.42. The first kappa shape index (κ1) is 13.9. The van der Waals surface area contributed by atoms with Crippen molar-refractivity contribution in [1.29, 1.82) is 0 Å². The molecule has 0 aliphatic heterocycles. The summed E-state index contributed by atoms with van der Waals surface area (Å²) in [6, 6.07) is 12.2. The van der Waals surface area contributed by atoms with Crippen molar-refractivity contribution < 1.29 is 9.21 Å². The molecule has 3 aromatic rings. The second-order valence-electron chi connectivity index (χ2n) is 5.06. The molecule has 0 atom stereocenters. The fourth-order valence-corrected chi connectivity index (χ4v) is 2.23. The third-order valence-corrected chi connectivity index (χ3v) is 3.33. The van der Waals surface area contributed by atoms with Gasteiger partial charge in [-0.25, -0.2) is 9.59 Å². The van der Waals surface area contributed by atoms with Crippen LogP contribution in [0.4, 0.5) is 16.2 Å². The summed E-state index contributed by atoms with van der Waals surface area (Å²) in [6.45, 7) is 1.95. The Bertz CT molecular complexity index is 908. The minimum atomic E-state index is -0.434. The second kappa shape index (κ2) is 5.40. The molecule has 2 amide bonds. The molecule has 6 nitrogen and oxygen atoms in total. The molecule has 0 saturated carbocycles. The molecule has 112 valence electrons. The number of aromatic nitrogens is 1. The molecule has 6 heteroatoms. The van der Waals surface area contributed by atoms with Gasteiger partial charge in [0.05, 0.1) is 5.52 Å². The molecule has 0 bridgehead atoms. The van der Waals surface area contributed by atoms with Crippen LogP contribution < -0.4 is 16.4 Å². The summed E-state index contributed by atoms with van der Waals surface area (Å²) in [5.74, 6) is -0.434. The predicted octanol–water partition coefficient (Wildman–Crippen LogP) is 3.08. The molecule has 0 radical (unpaired) electrons. The van der Waals surface area contributed by atoms with E-state index in [0.717, 1.165) is 5.56 Å². The first-order valence-corrected chi connectivity index (χ1v) is 6.77. The lowest BCUT2D eigenvalue weighted by atomic mass is 10.2. The van der Waals surface area contributed by atoms with Crippen molar-refractivity contribution in [2.24, 2.45) is 7.05 Å². The highest BCUT2D eigenvalue weighted by molar-refractivity contribution is 6.00. The van der Waals surface area contributed by atoms with Crippen molar-refractivity contribution in [3.8, 4) is 0 Å². The number of rotatable bonds is 2. The Morgan fingerprint density at radius 2 is 1.82 bits per heavy atom. The van der Waals surface area contributed by atoms with E-state index < -0.39 is 5.76 Å². The number of hydrogen-bond acceptors (Lipinski definition) is 3. The lowest BCUT2D eigenvalue weighted by Gasteiger charge is -2.08. The molecule has 2 aromatic carbocycles. The second-order valence-corrected chi connectivity index (χ2v) is 5.06. The number of amides is 2. The SMILES string of the molecule is Cc1cccc(NC(=O)Nc2ccc3c(c2)oc(=O)n3C)c1. The molecular weight excluding hydrogens is 282 g/mol. The average Bonchev–Trinajstić information content (AvgIpc) is 2.73. The molecule has 3 rings (SSSR count). The van der Waals surface area contributed by atoms with E-state index in [1.165, 1.54) is 4.57 Å². The maximum atomic E-state index is 12.0. The largest absolute Gasteiger partial charge is 0.419 e. The predicted molar refractivity (Wildman–Crippen MR) is 85.3 cm³/mol. The van der Waals surface area contributed by atoms with Crippen LogP contribution in [0.25, 0.3) is 11.1 Å². The van der Waals surface area contributed by atoms with E-state index in [-0.39, 0.29) is 6.03 Å². The van der Waals surface area contributed by atoms with Crippen molar-refractivity contribution in [1.82, 2.24) is 4.57 Å². The number of fused-ring (bicyclic) bond motifs is 1. The van der Waals surface area contributed by atoms with Crippen LogP contribution in [0.3, 0.4) is 0 Å². The van der Waals surface area contributed by atoms with Crippen molar-refractivity contribution in [3.05, 3.63) is 58.6 Å². The van der Waals surface area contributed by atoms with Crippen LogP contribution in [0, 0.1) is 6.92 Å². The summed E-state index contributed by atoms with van der Waals surface area (Å²) in [5, 5.41) is 5.46. The summed E-state index contributed by atoms with van der Waals surface area (Å²) in [4.78, 5) is 23.4. The number of oxazole rings is 1. The molecule has 0 fully saturated rings. The van der Waals surface area contributed by atoms with Crippen LogP contribution in [-0.2, 0) is 7.05 Å². The van der Waals surface area contributed by atoms with Crippen LogP contribution in [0.5, 0.6) is 0 Å². The highest BCUT2D eigenvalue weighted by Gasteiger charge is 2.08. The van der Waals surface area contributed by atoms with E-state index in [9.17, 15) is 9.59 Å². The Morgan fingerprint density at radius 3 is 2.55 bits per heavy atom. The third-order valence-electron chi connectivity index (χ3n) is 3.33. The third kappa shape index (κ3) is 2.71. The van der Waals surface area contributed by atoms with Gasteiger partial charge in [0.25, 0.3) is 0 Å². The smallest absolute Gasteiger partial charge is 0.408 e. The van der Waals surface area contributed by atoms with Gasteiger partial charge >= 0.3 is 11.8 Å².